The lowest BCUT2D eigenvalue weighted by molar-refractivity contribution is 0.0886. The SMILES string of the molecule is CC(C)COCCNC(=O)c1cc(Cl)ncc1Cl. The molecule has 1 N–H and O–H groups in total. The van der Waals surface area contributed by atoms with Crippen LogP contribution in [0.2, 0.25) is 10.2 Å². The summed E-state index contributed by atoms with van der Waals surface area (Å²) < 4.78 is 5.35. The first kappa shape index (κ1) is 15.2. The number of amides is 1. The van der Waals surface area contributed by atoms with E-state index in [0.29, 0.717) is 31.2 Å². The summed E-state index contributed by atoms with van der Waals surface area (Å²) in [5.74, 6) is 0.201. The molecule has 0 aliphatic carbocycles. The molecule has 0 fully saturated rings. The van der Waals surface area contributed by atoms with Crippen LogP contribution in [0.15, 0.2) is 12.3 Å². The van der Waals surface area contributed by atoms with Crippen molar-refractivity contribution in [2.24, 2.45) is 5.92 Å². The van der Waals surface area contributed by atoms with Gasteiger partial charge in [0.2, 0.25) is 0 Å². The monoisotopic (exact) mass is 290 g/mol. The summed E-state index contributed by atoms with van der Waals surface area (Å²) >= 11 is 11.6. The summed E-state index contributed by atoms with van der Waals surface area (Å²) in [5.41, 5.74) is 0.320. The number of nitrogens with zero attached hydrogens (tertiary/aromatic N) is 1. The predicted molar refractivity (Wildman–Crippen MR) is 72.2 cm³/mol. The first-order chi connectivity index (χ1) is 8.50. The highest BCUT2D eigenvalue weighted by molar-refractivity contribution is 6.35. The smallest absolute Gasteiger partial charge is 0.253 e. The first-order valence-corrected chi connectivity index (χ1v) is 6.43. The number of hydrogen-bond donors (Lipinski definition) is 1. The van der Waals surface area contributed by atoms with E-state index in [1.807, 2.05) is 0 Å². The zero-order valence-electron chi connectivity index (χ0n) is 10.4. The van der Waals surface area contributed by atoms with Crippen LogP contribution in [0, 0.1) is 5.92 Å². The maximum absolute atomic E-state index is 11.8. The lowest BCUT2D eigenvalue weighted by atomic mass is 10.2. The first-order valence-electron chi connectivity index (χ1n) is 5.67. The molecule has 1 heterocycles. The number of nitrogens with one attached hydrogen (secondary N) is 1. The van der Waals surface area contributed by atoms with Crippen molar-refractivity contribution in [3.05, 3.63) is 28.0 Å². The van der Waals surface area contributed by atoms with Crippen LogP contribution in [0.1, 0.15) is 24.2 Å². The molecule has 0 unspecified atom stereocenters. The maximum Gasteiger partial charge on any atom is 0.253 e. The summed E-state index contributed by atoms with van der Waals surface area (Å²) in [6.45, 7) is 5.72. The second-order valence-corrected chi connectivity index (χ2v) is 5.01. The fourth-order valence-electron chi connectivity index (χ4n) is 1.24. The molecule has 0 aromatic carbocycles. The van der Waals surface area contributed by atoms with Crippen LogP contribution in [-0.4, -0.2) is 30.6 Å². The second kappa shape index (κ2) is 7.56. The normalized spacial score (nSPS) is 10.7. The van der Waals surface area contributed by atoms with Crippen LogP contribution in [0.3, 0.4) is 0 Å². The largest absolute Gasteiger partial charge is 0.379 e. The third-order valence-corrected chi connectivity index (χ3v) is 2.56. The second-order valence-electron chi connectivity index (χ2n) is 4.21. The summed E-state index contributed by atoms with van der Waals surface area (Å²) in [6.07, 6.45) is 1.36. The summed E-state index contributed by atoms with van der Waals surface area (Å²) in [7, 11) is 0. The van der Waals surface area contributed by atoms with E-state index in [2.05, 4.69) is 24.1 Å². The Morgan fingerprint density at radius 2 is 2.22 bits per heavy atom. The minimum absolute atomic E-state index is 0.237. The van der Waals surface area contributed by atoms with Gasteiger partial charge in [0.05, 0.1) is 17.2 Å². The molecular weight excluding hydrogens is 275 g/mol. The number of hydrogen-bond acceptors (Lipinski definition) is 3. The number of carbonyl (C=O) groups excluding carboxylic acids is 1. The van der Waals surface area contributed by atoms with Gasteiger partial charge >= 0.3 is 0 Å². The third kappa shape index (κ3) is 5.21. The molecular formula is C12H16Cl2N2O2. The molecule has 0 saturated heterocycles. The molecule has 4 nitrogen and oxygen atoms in total. The van der Waals surface area contributed by atoms with Crippen LogP contribution >= 0.6 is 23.2 Å². The maximum atomic E-state index is 11.8. The van der Waals surface area contributed by atoms with E-state index in [-0.39, 0.29) is 16.1 Å². The van der Waals surface area contributed by atoms with Crippen molar-refractivity contribution in [1.29, 1.82) is 0 Å². The number of pyridine rings is 1. The quantitative estimate of drug-likeness (QED) is 0.647. The Balaban J connectivity index is 2.39. The molecule has 1 aromatic rings. The minimum atomic E-state index is -0.280. The number of rotatable bonds is 6. The van der Waals surface area contributed by atoms with Crippen molar-refractivity contribution >= 4 is 29.1 Å². The van der Waals surface area contributed by atoms with E-state index < -0.39 is 0 Å². The molecule has 6 heteroatoms. The van der Waals surface area contributed by atoms with Crippen molar-refractivity contribution in [3.8, 4) is 0 Å². The van der Waals surface area contributed by atoms with Gasteiger partial charge in [0.15, 0.2) is 0 Å². The summed E-state index contributed by atoms with van der Waals surface area (Å²) in [4.78, 5) is 15.6. The minimum Gasteiger partial charge on any atom is -0.379 e. The van der Waals surface area contributed by atoms with Crippen molar-refractivity contribution in [2.45, 2.75) is 13.8 Å². The lowest BCUT2D eigenvalue weighted by Crippen LogP contribution is -2.28. The van der Waals surface area contributed by atoms with Crippen LogP contribution in [-0.2, 0) is 4.74 Å². The third-order valence-electron chi connectivity index (χ3n) is 2.05. The summed E-state index contributed by atoms with van der Waals surface area (Å²) in [5, 5.41) is 3.22. The number of aromatic nitrogens is 1. The molecule has 1 rings (SSSR count). The van der Waals surface area contributed by atoms with Gasteiger partial charge in [-0.2, -0.15) is 0 Å². The number of ether oxygens (including phenoxy) is 1. The molecule has 0 aliphatic rings. The lowest BCUT2D eigenvalue weighted by Gasteiger charge is -2.09. The molecule has 0 aliphatic heterocycles. The van der Waals surface area contributed by atoms with Crippen molar-refractivity contribution in [1.82, 2.24) is 10.3 Å². The van der Waals surface area contributed by atoms with E-state index in [0.717, 1.165) is 0 Å². The van der Waals surface area contributed by atoms with Crippen molar-refractivity contribution < 1.29 is 9.53 Å². The molecule has 100 valence electrons. The average molecular weight is 291 g/mol. The van der Waals surface area contributed by atoms with E-state index in [4.69, 9.17) is 27.9 Å². The molecule has 0 radical (unpaired) electrons. The van der Waals surface area contributed by atoms with Gasteiger partial charge in [0.1, 0.15) is 5.15 Å². The Bertz CT molecular complexity index is 411. The molecule has 18 heavy (non-hydrogen) atoms. The van der Waals surface area contributed by atoms with Gasteiger partial charge in [0, 0.05) is 19.3 Å². The molecule has 0 spiro atoms. The van der Waals surface area contributed by atoms with Crippen LogP contribution in [0.5, 0.6) is 0 Å². The topological polar surface area (TPSA) is 51.2 Å². The van der Waals surface area contributed by atoms with Crippen LogP contribution in [0.25, 0.3) is 0 Å². The fourth-order valence-corrected chi connectivity index (χ4v) is 1.59. The zero-order chi connectivity index (χ0) is 13.5. The molecule has 0 saturated carbocycles. The van der Waals surface area contributed by atoms with E-state index in [1.165, 1.54) is 12.3 Å². The highest BCUT2D eigenvalue weighted by Gasteiger charge is 2.10. The van der Waals surface area contributed by atoms with Gasteiger partial charge in [-0.3, -0.25) is 4.79 Å². The van der Waals surface area contributed by atoms with Gasteiger partial charge in [0.25, 0.3) is 5.91 Å². The van der Waals surface area contributed by atoms with Gasteiger partial charge in [-0.05, 0) is 12.0 Å². The fraction of sp³-hybridized carbons (Fsp3) is 0.500. The Kier molecular flexibility index (Phi) is 6.39. The zero-order valence-corrected chi connectivity index (χ0v) is 11.9. The van der Waals surface area contributed by atoms with Gasteiger partial charge in [-0.25, -0.2) is 4.98 Å². The highest BCUT2D eigenvalue weighted by atomic mass is 35.5. The number of halogens is 2. The van der Waals surface area contributed by atoms with Crippen LogP contribution < -0.4 is 5.32 Å². The Hall–Kier alpha value is -0.840. The van der Waals surface area contributed by atoms with Crippen molar-refractivity contribution in [2.75, 3.05) is 19.8 Å². The van der Waals surface area contributed by atoms with Gasteiger partial charge in [-0.15, -0.1) is 0 Å². The van der Waals surface area contributed by atoms with Crippen LogP contribution in [0.4, 0.5) is 0 Å². The molecule has 0 atom stereocenters. The Morgan fingerprint density at radius 1 is 1.50 bits per heavy atom. The predicted octanol–water partition coefficient (Wildman–Crippen LogP) is 2.79. The standard InChI is InChI=1S/C12H16Cl2N2O2/c1-8(2)7-18-4-3-15-12(17)9-5-11(14)16-6-10(9)13/h5-6,8H,3-4,7H2,1-2H3,(H,15,17). The molecule has 1 amide bonds. The van der Waals surface area contributed by atoms with E-state index in [9.17, 15) is 4.79 Å². The van der Waals surface area contributed by atoms with Crippen molar-refractivity contribution in [3.63, 3.8) is 0 Å². The average Bonchev–Trinajstić information content (AvgIpc) is 2.31. The van der Waals surface area contributed by atoms with E-state index >= 15 is 0 Å². The Morgan fingerprint density at radius 3 is 2.89 bits per heavy atom. The van der Waals surface area contributed by atoms with Gasteiger partial charge < -0.3 is 10.1 Å². The van der Waals surface area contributed by atoms with Gasteiger partial charge in [-0.1, -0.05) is 37.0 Å². The molecule has 0 bridgehead atoms. The Labute approximate surface area is 117 Å². The summed E-state index contributed by atoms with van der Waals surface area (Å²) in [6, 6.07) is 1.44. The van der Waals surface area contributed by atoms with E-state index in [1.54, 1.807) is 0 Å². The highest BCUT2D eigenvalue weighted by Crippen LogP contribution is 2.17. The number of carbonyl (C=O) groups is 1. The molecule has 1 aromatic heterocycles.